The molecule has 0 radical (unpaired) electrons. The fraction of sp³-hybridized carbons (Fsp3) is 0.368. The van der Waals surface area contributed by atoms with E-state index in [-0.39, 0.29) is 5.78 Å². The molecule has 0 N–H and O–H groups in total. The standard InChI is InChI=1S/C19H24N2O2/c1-3-4-5-6-13-23-18-10-7-16(8-11-18)9-12-19(22)17-14-20-21(2)15-17/h7-12,14-15H,3-6,13H2,1-2H3/b12-9+. The van der Waals surface area contributed by atoms with Gasteiger partial charge < -0.3 is 4.74 Å². The fourth-order valence-corrected chi connectivity index (χ4v) is 2.21. The van der Waals surface area contributed by atoms with Crippen molar-refractivity contribution in [2.75, 3.05) is 6.61 Å². The minimum absolute atomic E-state index is 0.0469. The summed E-state index contributed by atoms with van der Waals surface area (Å²) in [6, 6.07) is 7.78. The summed E-state index contributed by atoms with van der Waals surface area (Å²) in [7, 11) is 1.79. The van der Waals surface area contributed by atoms with Crippen molar-refractivity contribution < 1.29 is 9.53 Å². The predicted molar refractivity (Wildman–Crippen MR) is 92.7 cm³/mol. The fourth-order valence-electron chi connectivity index (χ4n) is 2.21. The van der Waals surface area contributed by atoms with Crippen molar-refractivity contribution >= 4 is 11.9 Å². The van der Waals surface area contributed by atoms with Crippen molar-refractivity contribution in [3.05, 3.63) is 53.9 Å². The van der Waals surface area contributed by atoms with E-state index in [4.69, 9.17) is 4.74 Å². The highest BCUT2D eigenvalue weighted by atomic mass is 16.5. The van der Waals surface area contributed by atoms with Gasteiger partial charge in [-0.15, -0.1) is 0 Å². The molecule has 122 valence electrons. The van der Waals surface area contributed by atoms with E-state index in [2.05, 4.69) is 12.0 Å². The maximum atomic E-state index is 12.0. The Hall–Kier alpha value is -2.36. The van der Waals surface area contributed by atoms with Crippen LogP contribution in [0.4, 0.5) is 0 Å². The number of carbonyl (C=O) groups is 1. The Kier molecular flexibility index (Phi) is 6.60. The first-order valence-corrected chi connectivity index (χ1v) is 8.13. The van der Waals surface area contributed by atoms with Gasteiger partial charge in [-0.3, -0.25) is 9.48 Å². The average Bonchev–Trinajstić information content (AvgIpc) is 3.00. The van der Waals surface area contributed by atoms with Gasteiger partial charge in [0.05, 0.1) is 18.4 Å². The second-order valence-electron chi connectivity index (χ2n) is 5.58. The van der Waals surface area contributed by atoms with Gasteiger partial charge in [-0.1, -0.05) is 44.4 Å². The van der Waals surface area contributed by atoms with Gasteiger partial charge in [0.25, 0.3) is 0 Å². The Balaban J connectivity index is 1.82. The van der Waals surface area contributed by atoms with Crippen LogP contribution in [0, 0.1) is 0 Å². The van der Waals surface area contributed by atoms with Gasteiger partial charge in [0.2, 0.25) is 0 Å². The lowest BCUT2D eigenvalue weighted by molar-refractivity contribution is 0.104. The van der Waals surface area contributed by atoms with Crippen molar-refractivity contribution in [1.82, 2.24) is 9.78 Å². The van der Waals surface area contributed by atoms with E-state index in [1.165, 1.54) is 19.3 Å². The van der Waals surface area contributed by atoms with Crippen LogP contribution in [0.5, 0.6) is 5.75 Å². The van der Waals surface area contributed by atoms with E-state index in [1.807, 2.05) is 24.3 Å². The lowest BCUT2D eigenvalue weighted by atomic mass is 10.1. The highest BCUT2D eigenvalue weighted by Gasteiger charge is 2.03. The topological polar surface area (TPSA) is 44.1 Å². The quantitative estimate of drug-likeness (QED) is 0.394. The second-order valence-corrected chi connectivity index (χ2v) is 5.58. The van der Waals surface area contributed by atoms with Gasteiger partial charge in [-0.25, -0.2) is 0 Å². The van der Waals surface area contributed by atoms with E-state index >= 15 is 0 Å². The molecule has 1 aromatic heterocycles. The molecule has 0 spiro atoms. The molecule has 0 amide bonds. The van der Waals surface area contributed by atoms with Gasteiger partial charge in [0.1, 0.15) is 5.75 Å². The lowest BCUT2D eigenvalue weighted by Crippen LogP contribution is -1.97. The van der Waals surface area contributed by atoms with E-state index in [0.717, 1.165) is 24.3 Å². The van der Waals surface area contributed by atoms with Crippen LogP contribution in [0.3, 0.4) is 0 Å². The number of carbonyl (C=O) groups excluding carboxylic acids is 1. The van der Waals surface area contributed by atoms with E-state index < -0.39 is 0 Å². The molecule has 0 bridgehead atoms. The van der Waals surface area contributed by atoms with Gasteiger partial charge in [-0.2, -0.15) is 5.10 Å². The SMILES string of the molecule is CCCCCCOc1ccc(/C=C/C(=O)c2cnn(C)c2)cc1. The van der Waals surface area contributed by atoms with E-state index in [0.29, 0.717) is 5.56 Å². The molecular formula is C19H24N2O2. The number of hydrogen-bond donors (Lipinski definition) is 0. The smallest absolute Gasteiger partial charge is 0.189 e. The second kappa shape index (κ2) is 8.93. The summed E-state index contributed by atoms with van der Waals surface area (Å²) in [4.78, 5) is 12.0. The zero-order valence-electron chi connectivity index (χ0n) is 13.9. The van der Waals surface area contributed by atoms with Crippen LogP contribution in [-0.2, 0) is 7.05 Å². The monoisotopic (exact) mass is 312 g/mol. The number of rotatable bonds is 9. The van der Waals surface area contributed by atoms with Gasteiger partial charge in [-0.05, 0) is 30.2 Å². The van der Waals surface area contributed by atoms with Crippen LogP contribution < -0.4 is 4.74 Å². The van der Waals surface area contributed by atoms with Crippen molar-refractivity contribution in [3.63, 3.8) is 0 Å². The molecular weight excluding hydrogens is 288 g/mol. The first kappa shape index (κ1) is 17.0. The summed E-state index contributed by atoms with van der Waals surface area (Å²) in [5.74, 6) is 0.826. The molecule has 0 saturated heterocycles. The molecule has 0 saturated carbocycles. The number of ketones is 1. The third-order valence-corrected chi connectivity index (χ3v) is 3.56. The normalized spacial score (nSPS) is 11.0. The Morgan fingerprint density at radius 2 is 2.00 bits per heavy atom. The van der Waals surface area contributed by atoms with Crippen LogP contribution in [0.15, 0.2) is 42.7 Å². The highest BCUT2D eigenvalue weighted by Crippen LogP contribution is 2.14. The third kappa shape index (κ3) is 5.74. The predicted octanol–water partition coefficient (Wildman–Crippen LogP) is 4.28. The molecule has 4 nitrogen and oxygen atoms in total. The zero-order valence-corrected chi connectivity index (χ0v) is 13.9. The van der Waals surface area contributed by atoms with Crippen molar-refractivity contribution in [2.24, 2.45) is 7.05 Å². The minimum Gasteiger partial charge on any atom is -0.494 e. The summed E-state index contributed by atoms with van der Waals surface area (Å²) in [6.45, 7) is 2.96. The summed E-state index contributed by atoms with van der Waals surface area (Å²) < 4.78 is 7.32. The number of aromatic nitrogens is 2. The Bertz CT molecular complexity index is 642. The molecule has 2 aromatic rings. The maximum absolute atomic E-state index is 12.0. The molecule has 0 fully saturated rings. The van der Waals surface area contributed by atoms with Crippen LogP contribution in [-0.4, -0.2) is 22.2 Å². The van der Waals surface area contributed by atoms with Gasteiger partial charge in [0, 0.05) is 13.2 Å². The molecule has 1 heterocycles. The van der Waals surface area contributed by atoms with E-state index in [9.17, 15) is 4.79 Å². The molecule has 0 unspecified atom stereocenters. The van der Waals surface area contributed by atoms with Crippen molar-refractivity contribution in [3.8, 4) is 5.75 Å². The number of ether oxygens (including phenoxy) is 1. The third-order valence-electron chi connectivity index (χ3n) is 3.56. The highest BCUT2D eigenvalue weighted by molar-refractivity contribution is 6.06. The van der Waals surface area contributed by atoms with Gasteiger partial charge >= 0.3 is 0 Å². The molecule has 0 aliphatic heterocycles. The molecule has 4 heteroatoms. The molecule has 2 rings (SSSR count). The summed E-state index contributed by atoms with van der Waals surface area (Å²) in [6.07, 6.45) is 11.5. The molecule has 1 aromatic carbocycles. The number of allylic oxidation sites excluding steroid dienone is 1. The summed E-state index contributed by atoms with van der Waals surface area (Å²) in [5, 5.41) is 4.00. The molecule has 0 aliphatic rings. The average molecular weight is 312 g/mol. The lowest BCUT2D eigenvalue weighted by Gasteiger charge is -2.05. The first-order valence-electron chi connectivity index (χ1n) is 8.13. The van der Waals surface area contributed by atoms with Crippen molar-refractivity contribution in [1.29, 1.82) is 0 Å². The summed E-state index contributed by atoms with van der Waals surface area (Å²) >= 11 is 0. The Morgan fingerprint density at radius 1 is 1.22 bits per heavy atom. The molecule has 23 heavy (non-hydrogen) atoms. The number of benzene rings is 1. The Morgan fingerprint density at radius 3 is 2.65 bits per heavy atom. The number of nitrogens with zero attached hydrogens (tertiary/aromatic N) is 2. The number of hydrogen-bond acceptors (Lipinski definition) is 3. The minimum atomic E-state index is -0.0469. The zero-order chi connectivity index (χ0) is 16.5. The maximum Gasteiger partial charge on any atom is 0.189 e. The van der Waals surface area contributed by atoms with Crippen LogP contribution in [0.1, 0.15) is 48.5 Å². The van der Waals surface area contributed by atoms with Gasteiger partial charge in [0.15, 0.2) is 5.78 Å². The van der Waals surface area contributed by atoms with E-state index in [1.54, 1.807) is 36.3 Å². The first-order chi connectivity index (χ1) is 11.2. The number of aryl methyl sites for hydroxylation is 1. The molecule has 0 atom stereocenters. The van der Waals surface area contributed by atoms with Crippen molar-refractivity contribution in [2.45, 2.75) is 32.6 Å². The molecule has 0 aliphatic carbocycles. The Labute approximate surface area is 137 Å². The van der Waals surface area contributed by atoms with Crippen LogP contribution in [0.25, 0.3) is 6.08 Å². The van der Waals surface area contributed by atoms with Crippen LogP contribution >= 0.6 is 0 Å². The van der Waals surface area contributed by atoms with Crippen LogP contribution in [0.2, 0.25) is 0 Å². The largest absolute Gasteiger partial charge is 0.494 e. The summed E-state index contributed by atoms with van der Waals surface area (Å²) in [5.41, 5.74) is 1.57. The number of unbranched alkanes of at least 4 members (excludes halogenated alkanes) is 3.